The summed E-state index contributed by atoms with van der Waals surface area (Å²) in [5.41, 5.74) is 0.654. The molecule has 0 saturated heterocycles. The highest BCUT2D eigenvalue weighted by Crippen LogP contribution is 2.26. The van der Waals surface area contributed by atoms with Crippen molar-refractivity contribution in [3.8, 4) is 0 Å². The van der Waals surface area contributed by atoms with E-state index in [1.165, 1.54) is 17.4 Å². The van der Waals surface area contributed by atoms with Crippen molar-refractivity contribution in [2.24, 2.45) is 0 Å². The van der Waals surface area contributed by atoms with Gasteiger partial charge in [-0.3, -0.25) is 9.59 Å². The molecule has 1 amide bonds. The van der Waals surface area contributed by atoms with Gasteiger partial charge in [0.1, 0.15) is 0 Å². The number of halogens is 2. The molecular weight excluding hydrogens is 424 g/mol. The Morgan fingerprint density at radius 1 is 1.36 bits per heavy atom. The standard InChI is InChI=1S/C18H14BrClN2O2S/c1-2-8-22(10-11-6-7-15(20)25-11)18(24)13-9-16(23)21-17-12(13)4-3-5-14(17)19/h2-7,9H,1,8,10H2,(H,21,23). The number of rotatable bonds is 5. The van der Waals surface area contributed by atoms with Crippen molar-refractivity contribution in [1.82, 2.24) is 9.88 Å². The van der Waals surface area contributed by atoms with Gasteiger partial charge in [0.05, 0.1) is 22.0 Å². The van der Waals surface area contributed by atoms with E-state index in [1.54, 1.807) is 17.0 Å². The lowest BCUT2D eigenvalue weighted by atomic mass is 10.1. The number of hydrogen-bond acceptors (Lipinski definition) is 3. The van der Waals surface area contributed by atoms with Gasteiger partial charge in [-0.25, -0.2) is 0 Å². The first kappa shape index (κ1) is 17.9. The van der Waals surface area contributed by atoms with Gasteiger partial charge in [-0.2, -0.15) is 0 Å². The quantitative estimate of drug-likeness (QED) is 0.581. The summed E-state index contributed by atoms with van der Waals surface area (Å²) >= 11 is 10.8. The van der Waals surface area contributed by atoms with Crippen LogP contribution in [0.4, 0.5) is 0 Å². The van der Waals surface area contributed by atoms with Crippen LogP contribution in [0.1, 0.15) is 15.2 Å². The molecule has 0 aliphatic heterocycles. The summed E-state index contributed by atoms with van der Waals surface area (Å²) in [5.74, 6) is -0.223. The lowest BCUT2D eigenvalue weighted by Crippen LogP contribution is -2.31. The number of aromatic amines is 1. The van der Waals surface area contributed by atoms with Crippen molar-refractivity contribution in [2.45, 2.75) is 6.54 Å². The maximum Gasteiger partial charge on any atom is 0.255 e. The zero-order valence-electron chi connectivity index (χ0n) is 13.1. The summed E-state index contributed by atoms with van der Waals surface area (Å²) in [7, 11) is 0. The van der Waals surface area contributed by atoms with Crippen molar-refractivity contribution >= 4 is 55.7 Å². The number of amides is 1. The number of pyridine rings is 1. The van der Waals surface area contributed by atoms with Gasteiger partial charge in [0.2, 0.25) is 5.56 Å². The van der Waals surface area contributed by atoms with Crippen LogP contribution >= 0.6 is 38.9 Å². The van der Waals surface area contributed by atoms with Crippen molar-refractivity contribution in [1.29, 1.82) is 0 Å². The average Bonchev–Trinajstić information content (AvgIpc) is 2.99. The predicted molar refractivity (Wildman–Crippen MR) is 107 cm³/mol. The number of aromatic nitrogens is 1. The predicted octanol–water partition coefficient (Wildman–Crippen LogP) is 4.83. The molecule has 0 bridgehead atoms. The minimum Gasteiger partial charge on any atom is -0.330 e. The summed E-state index contributed by atoms with van der Waals surface area (Å²) in [6.45, 7) is 4.50. The van der Waals surface area contributed by atoms with Crippen LogP contribution in [-0.2, 0) is 6.54 Å². The van der Waals surface area contributed by atoms with Crippen LogP contribution in [0.3, 0.4) is 0 Å². The van der Waals surface area contributed by atoms with E-state index >= 15 is 0 Å². The molecule has 2 heterocycles. The van der Waals surface area contributed by atoms with Gasteiger partial charge < -0.3 is 9.88 Å². The summed E-state index contributed by atoms with van der Waals surface area (Å²) in [6, 6.07) is 10.5. The zero-order chi connectivity index (χ0) is 18.0. The third-order valence-electron chi connectivity index (χ3n) is 3.67. The highest BCUT2D eigenvalue weighted by Gasteiger charge is 2.20. The first-order valence-corrected chi connectivity index (χ1v) is 9.44. The van der Waals surface area contributed by atoms with Crippen molar-refractivity contribution < 1.29 is 4.79 Å². The number of hydrogen-bond donors (Lipinski definition) is 1. The monoisotopic (exact) mass is 436 g/mol. The smallest absolute Gasteiger partial charge is 0.255 e. The molecular formula is C18H14BrClN2O2S. The van der Waals surface area contributed by atoms with E-state index in [0.717, 1.165) is 9.35 Å². The van der Waals surface area contributed by atoms with Gasteiger partial charge in [0.25, 0.3) is 5.91 Å². The van der Waals surface area contributed by atoms with Gasteiger partial charge >= 0.3 is 0 Å². The molecule has 0 unspecified atom stereocenters. The molecule has 4 nitrogen and oxygen atoms in total. The van der Waals surface area contributed by atoms with E-state index in [9.17, 15) is 9.59 Å². The Morgan fingerprint density at radius 2 is 2.16 bits per heavy atom. The minimum absolute atomic E-state index is 0.223. The van der Waals surface area contributed by atoms with E-state index in [-0.39, 0.29) is 11.5 Å². The molecule has 0 fully saturated rings. The molecule has 3 rings (SSSR count). The zero-order valence-corrected chi connectivity index (χ0v) is 16.2. The van der Waals surface area contributed by atoms with Crippen LogP contribution in [0.5, 0.6) is 0 Å². The summed E-state index contributed by atoms with van der Waals surface area (Å²) in [5, 5.41) is 0.692. The van der Waals surface area contributed by atoms with Gasteiger partial charge in [0, 0.05) is 27.3 Å². The third-order valence-corrected chi connectivity index (χ3v) is 5.55. The molecule has 0 spiro atoms. The second-order valence-electron chi connectivity index (χ2n) is 5.39. The molecule has 1 aromatic carbocycles. The molecule has 3 aromatic rings. The first-order chi connectivity index (χ1) is 12.0. The molecule has 7 heteroatoms. The van der Waals surface area contributed by atoms with Gasteiger partial charge in [-0.05, 0) is 34.1 Å². The molecule has 1 N–H and O–H groups in total. The number of H-pyrrole nitrogens is 1. The highest BCUT2D eigenvalue weighted by molar-refractivity contribution is 9.10. The van der Waals surface area contributed by atoms with Crippen LogP contribution in [0.2, 0.25) is 4.34 Å². The maximum absolute atomic E-state index is 13.1. The number of carbonyl (C=O) groups is 1. The molecule has 0 atom stereocenters. The molecule has 0 aliphatic carbocycles. The minimum atomic E-state index is -0.319. The maximum atomic E-state index is 13.1. The lowest BCUT2D eigenvalue weighted by Gasteiger charge is -2.21. The normalized spacial score (nSPS) is 10.8. The molecule has 2 aromatic heterocycles. The Balaban J connectivity index is 2.05. The highest BCUT2D eigenvalue weighted by atomic mass is 79.9. The number of benzene rings is 1. The van der Waals surface area contributed by atoms with Gasteiger partial charge in [-0.15, -0.1) is 17.9 Å². The Hall–Kier alpha value is -1.89. The Kier molecular flexibility index (Phi) is 5.42. The van der Waals surface area contributed by atoms with Crippen LogP contribution in [-0.4, -0.2) is 22.3 Å². The van der Waals surface area contributed by atoms with Crippen molar-refractivity contribution in [3.05, 3.63) is 78.7 Å². The number of carbonyl (C=O) groups excluding carboxylic acids is 1. The molecule has 128 valence electrons. The van der Waals surface area contributed by atoms with Crippen LogP contribution in [0.15, 0.2) is 58.3 Å². The van der Waals surface area contributed by atoms with Crippen molar-refractivity contribution in [3.63, 3.8) is 0 Å². The van der Waals surface area contributed by atoms with Gasteiger partial charge in [0.15, 0.2) is 0 Å². The fourth-order valence-corrected chi connectivity index (χ4v) is 4.16. The fourth-order valence-electron chi connectivity index (χ4n) is 2.59. The SMILES string of the molecule is C=CCN(Cc1ccc(Cl)s1)C(=O)c1cc(=O)[nH]c2c(Br)cccc12. The van der Waals surface area contributed by atoms with E-state index in [1.807, 2.05) is 24.3 Å². The second-order valence-corrected chi connectivity index (χ2v) is 8.04. The molecule has 25 heavy (non-hydrogen) atoms. The Labute approximate surface area is 161 Å². The molecule has 0 radical (unpaired) electrons. The number of fused-ring (bicyclic) bond motifs is 1. The lowest BCUT2D eigenvalue weighted by molar-refractivity contribution is 0.0766. The number of nitrogens with one attached hydrogen (secondary N) is 1. The number of nitrogens with zero attached hydrogens (tertiary/aromatic N) is 1. The van der Waals surface area contributed by atoms with E-state index in [0.29, 0.717) is 33.9 Å². The summed E-state index contributed by atoms with van der Waals surface area (Å²) < 4.78 is 1.41. The summed E-state index contributed by atoms with van der Waals surface area (Å²) in [6.07, 6.45) is 1.67. The van der Waals surface area contributed by atoms with Crippen LogP contribution < -0.4 is 5.56 Å². The average molecular weight is 438 g/mol. The van der Waals surface area contributed by atoms with Crippen LogP contribution in [0, 0.1) is 0 Å². The van der Waals surface area contributed by atoms with Crippen molar-refractivity contribution in [2.75, 3.05) is 6.54 Å². The number of para-hydroxylation sites is 1. The largest absolute Gasteiger partial charge is 0.330 e. The summed E-state index contributed by atoms with van der Waals surface area (Å²) in [4.78, 5) is 30.5. The Morgan fingerprint density at radius 3 is 2.84 bits per heavy atom. The van der Waals surface area contributed by atoms with E-state index in [2.05, 4.69) is 27.5 Å². The molecule has 0 aliphatic rings. The molecule has 0 saturated carbocycles. The van der Waals surface area contributed by atoms with E-state index in [4.69, 9.17) is 11.6 Å². The second kappa shape index (κ2) is 7.56. The van der Waals surface area contributed by atoms with Gasteiger partial charge in [-0.1, -0.05) is 29.8 Å². The van der Waals surface area contributed by atoms with Crippen LogP contribution in [0.25, 0.3) is 10.9 Å². The number of thiophene rings is 1. The third kappa shape index (κ3) is 3.86. The topological polar surface area (TPSA) is 53.2 Å². The van der Waals surface area contributed by atoms with E-state index < -0.39 is 0 Å². The Bertz CT molecular complexity index is 1010. The first-order valence-electron chi connectivity index (χ1n) is 7.45. The fraction of sp³-hybridized carbons (Fsp3) is 0.111.